The lowest BCUT2D eigenvalue weighted by Gasteiger charge is -2.29. The smallest absolute Gasteiger partial charge is 0.00105 e. The molecule has 0 fully saturated rings. The van der Waals surface area contributed by atoms with Crippen LogP contribution < -0.4 is 5.32 Å². The fourth-order valence-electron chi connectivity index (χ4n) is 2.41. The normalized spacial score (nSPS) is 18.4. The third-order valence-electron chi connectivity index (χ3n) is 3.41. The summed E-state index contributed by atoms with van der Waals surface area (Å²) in [6.45, 7) is 5.47. The van der Waals surface area contributed by atoms with E-state index in [2.05, 4.69) is 55.6 Å². The number of hydrogen-bond donors (Lipinski definition) is 1. The molecule has 0 bridgehead atoms. The largest absolute Gasteiger partial charge is 0.314 e. The minimum atomic E-state index is 0.599. The van der Waals surface area contributed by atoms with Crippen LogP contribution in [-0.2, 0) is 6.42 Å². The Morgan fingerprint density at radius 2 is 2.12 bits per heavy atom. The molecule has 0 aliphatic heterocycles. The fourth-order valence-corrected chi connectivity index (χ4v) is 2.41. The minimum absolute atomic E-state index is 0.599. The predicted molar refractivity (Wildman–Crippen MR) is 74.4 cm³/mol. The second-order valence-electron chi connectivity index (χ2n) is 5.20. The number of rotatable bonds is 6. The fraction of sp³-hybridized carbons (Fsp3) is 0.500. The zero-order valence-electron chi connectivity index (χ0n) is 10.9. The van der Waals surface area contributed by atoms with Gasteiger partial charge in [0.05, 0.1) is 0 Å². The van der Waals surface area contributed by atoms with Gasteiger partial charge in [-0.25, -0.2) is 0 Å². The van der Waals surface area contributed by atoms with E-state index in [1.54, 1.807) is 11.1 Å². The molecule has 1 aromatic carbocycles. The third kappa shape index (κ3) is 3.44. The monoisotopic (exact) mass is 229 g/mol. The van der Waals surface area contributed by atoms with Gasteiger partial charge < -0.3 is 5.32 Å². The van der Waals surface area contributed by atoms with Crippen molar-refractivity contribution in [1.82, 2.24) is 5.32 Å². The second kappa shape index (κ2) is 6.02. The van der Waals surface area contributed by atoms with Crippen LogP contribution in [0, 0.1) is 0 Å². The number of hydrogen-bond acceptors (Lipinski definition) is 1. The van der Waals surface area contributed by atoms with Crippen molar-refractivity contribution in [2.45, 2.75) is 45.1 Å². The summed E-state index contributed by atoms with van der Waals surface area (Å²) in [5, 5.41) is 3.43. The highest BCUT2D eigenvalue weighted by Gasteiger charge is 2.23. The van der Waals surface area contributed by atoms with Crippen LogP contribution in [0.2, 0.25) is 0 Å². The molecule has 0 amide bonds. The number of nitrogens with one attached hydrogen (secondary N) is 1. The molecule has 1 heteroatoms. The third-order valence-corrected chi connectivity index (χ3v) is 3.41. The van der Waals surface area contributed by atoms with E-state index in [0.29, 0.717) is 6.04 Å². The molecule has 0 aromatic heterocycles. The van der Waals surface area contributed by atoms with E-state index < -0.39 is 0 Å². The summed E-state index contributed by atoms with van der Waals surface area (Å²) in [5.41, 5.74) is 3.12. The van der Waals surface area contributed by atoms with E-state index in [0.717, 1.165) is 18.9 Å². The van der Waals surface area contributed by atoms with Crippen molar-refractivity contribution in [2.24, 2.45) is 0 Å². The molecule has 0 saturated heterocycles. The molecule has 2 rings (SSSR count). The average molecular weight is 229 g/mol. The Hall–Kier alpha value is -1.08. The topological polar surface area (TPSA) is 12.0 Å². The van der Waals surface area contributed by atoms with Crippen LogP contribution in [0.3, 0.4) is 0 Å². The van der Waals surface area contributed by atoms with Gasteiger partial charge in [-0.3, -0.25) is 0 Å². The Labute approximate surface area is 105 Å². The first kappa shape index (κ1) is 12.4. The number of fused-ring (bicyclic) bond motifs is 1. The molecule has 1 aromatic rings. The molecule has 0 radical (unpaired) electrons. The summed E-state index contributed by atoms with van der Waals surface area (Å²) in [7, 11) is 0. The maximum atomic E-state index is 3.43. The van der Waals surface area contributed by atoms with Gasteiger partial charge >= 0.3 is 0 Å². The standard InChI is InChI=1S/C16H23N/c1-13(2)17-11-7-3-4-8-14-12-15-9-5-6-10-16(14)15/h3-6,9-10,13-14,17H,7-8,11-12H2,1-2H3. The molecule has 0 saturated carbocycles. The van der Waals surface area contributed by atoms with E-state index in [1.165, 1.54) is 12.8 Å². The molecule has 92 valence electrons. The van der Waals surface area contributed by atoms with Crippen molar-refractivity contribution in [3.05, 3.63) is 47.5 Å². The van der Waals surface area contributed by atoms with E-state index in [1.807, 2.05) is 0 Å². The second-order valence-corrected chi connectivity index (χ2v) is 5.20. The molecule has 1 N–H and O–H groups in total. The zero-order chi connectivity index (χ0) is 12.1. The van der Waals surface area contributed by atoms with Crippen molar-refractivity contribution < 1.29 is 0 Å². The molecule has 0 heterocycles. The quantitative estimate of drug-likeness (QED) is 0.580. The van der Waals surface area contributed by atoms with Gasteiger partial charge in [-0.15, -0.1) is 0 Å². The molecule has 17 heavy (non-hydrogen) atoms. The number of allylic oxidation sites excluding steroid dienone is 1. The van der Waals surface area contributed by atoms with Crippen LogP contribution in [0.1, 0.15) is 43.7 Å². The van der Waals surface area contributed by atoms with Gasteiger partial charge in [0.2, 0.25) is 0 Å². The molecular weight excluding hydrogens is 206 g/mol. The highest BCUT2D eigenvalue weighted by atomic mass is 14.9. The van der Waals surface area contributed by atoms with Gasteiger partial charge in [0, 0.05) is 6.04 Å². The summed E-state index contributed by atoms with van der Waals surface area (Å²) in [5.74, 6) is 0.778. The molecule has 1 unspecified atom stereocenters. The molecular formula is C16H23N. The summed E-state index contributed by atoms with van der Waals surface area (Å²) in [6, 6.07) is 9.42. The Morgan fingerprint density at radius 3 is 2.88 bits per heavy atom. The summed E-state index contributed by atoms with van der Waals surface area (Å²) in [4.78, 5) is 0. The van der Waals surface area contributed by atoms with Gasteiger partial charge in [-0.2, -0.15) is 0 Å². The van der Waals surface area contributed by atoms with Crippen molar-refractivity contribution in [1.29, 1.82) is 0 Å². The first-order chi connectivity index (χ1) is 8.27. The van der Waals surface area contributed by atoms with Crippen molar-refractivity contribution in [3.63, 3.8) is 0 Å². The van der Waals surface area contributed by atoms with Crippen LogP contribution in [0.15, 0.2) is 36.4 Å². The Balaban J connectivity index is 1.66. The van der Waals surface area contributed by atoms with Gasteiger partial charge in [0.1, 0.15) is 0 Å². The Morgan fingerprint density at radius 1 is 1.29 bits per heavy atom. The van der Waals surface area contributed by atoms with Crippen LogP contribution in [0.25, 0.3) is 0 Å². The minimum Gasteiger partial charge on any atom is -0.314 e. The number of benzene rings is 1. The van der Waals surface area contributed by atoms with Gasteiger partial charge in [-0.05, 0) is 42.9 Å². The Kier molecular flexibility index (Phi) is 4.38. The summed E-state index contributed by atoms with van der Waals surface area (Å²) in [6.07, 6.45) is 8.29. The van der Waals surface area contributed by atoms with Gasteiger partial charge in [0.15, 0.2) is 0 Å². The average Bonchev–Trinajstić information content (AvgIpc) is 2.28. The van der Waals surface area contributed by atoms with Crippen LogP contribution in [-0.4, -0.2) is 12.6 Å². The maximum absolute atomic E-state index is 3.43. The first-order valence-electron chi connectivity index (χ1n) is 6.73. The van der Waals surface area contributed by atoms with E-state index >= 15 is 0 Å². The summed E-state index contributed by atoms with van der Waals surface area (Å²) < 4.78 is 0. The van der Waals surface area contributed by atoms with Crippen LogP contribution >= 0.6 is 0 Å². The van der Waals surface area contributed by atoms with Gasteiger partial charge in [-0.1, -0.05) is 50.3 Å². The molecule has 1 aliphatic rings. The van der Waals surface area contributed by atoms with Crippen molar-refractivity contribution in [3.8, 4) is 0 Å². The van der Waals surface area contributed by atoms with Crippen molar-refractivity contribution in [2.75, 3.05) is 6.54 Å². The molecule has 1 atom stereocenters. The van der Waals surface area contributed by atoms with Gasteiger partial charge in [0.25, 0.3) is 0 Å². The lowest BCUT2D eigenvalue weighted by atomic mass is 9.76. The van der Waals surface area contributed by atoms with E-state index in [-0.39, 0.29) is 0 Å². The highest BCUT2D eigenvalue weighted by Crippen LogP contribution is 2.37. The predicted octanol–water partition coefficient (Wildman–Crippen LogP) is 3.66. The Bertz CT molecular complexity index is 379. The van der Waals surface area contributed by atoms with Crippen LogP contribution in [0.5, 0.6) is 0 Å². The SMILES string of the molecule is CC(C)NCCC=CCC1Cc2ccccc21. The lowest BCUT2D eigenvalue weighted by molar-refractivity contribution is 0.591. The maximum Gasteiger partial charge on any atom is 0.00105 e. The summed E-state index contributed by atoms with van der Waals surface area (Å²) >= 11 is 0. The van der Waals surface area contributed by atoms with E-state index in [9.17, 15) is 0 Å². The van der Waals surface area contributed by atoms with Crippen LogP contribution in [0.4, 0.5) is 0 Å². The molecule has 0 spiro atoms. The zero-order valence-corrected chi connectivity index (χ0v) is 10.9. The molecule has 1 nitrogen and oxygen atoms in total. The lowest BCUT2D eigenvalue weighted by Crippen LogP contribution is -2.23. The first-order valence-corrected chi connectivity index (χ1v) is 6.73. The van der Waals surface area contributed by atoms with E-state index in [4.69, 9.17) is 0 Å². The van der Waals surface area contributed by atoms with Crippen molar-refractivity contribution >= 4 is 0 Å². The molecule has 1 aliphatic carbocycles. The highest BCUT2D eigenvalue weighted by molar-refractivity contribution is 5.40.